The van der Waals surface area contributed by atoms with Crippen molar-refractivity contribution in [1.82, 2.24) is 5.43 Å². The quantitative estimate of drug-likeness (QED) is 0.513. The summed E-state index contributed by atoms with van der Waals surface area (Å²) < 4.78 is 18.6. The summed E-state index contributed by atoms with van der Waals surface area (Å²) in [5, 5.41) is 0. The highest BCUT2D eigenvalue weighted by molar-refractivity contribution is 7.14. The van der Waals surface area contributed by atoms with Crippen molar-refractivity contribution in [3.8, 4) is 5.75 Å². The summed E-state index contributed by atoms with van der Waals surface area (Å²) in [5.41, 5.74) is 2.61. The van der Waals surface area contributed by atoms with Gasteiger partial charge < -0.3 is 4.74 Å². The molecule has 2 rings (SSSR count). The average Bonchev–Trinajstić information content (AvgIpc) is 2.88. The van der Waals surface area contributed by atoms with E-state index < -0.39 is 0 Å². The minimum atomic E-state index is -0.325. The van der Waals surface area contributed by atoms with Crippen molar-refractivity contribution >= 4 is 17.2 Å². The highest BCUT2D eigenvalue weighted by atomic mass is 32.1. The number of aryl methyl sites for hydroxylation is 1. The first-order valence-corrected chi connectivity index (χ1v) is 6.40. The van der Waals surface area contributed by atoms with Crippen molar-refractivity contribution < 1.29 is 13.9 Å². The molecule has 1 heterocycles. The number of nitrogens with one attached hydrogen (secondary N) is 1. The number of hydrogen-bond donors (Lipinski definition) is 2. The van der Waals surface area contributed by atoms with Crippen molar-refractivity contribution in [3.63, 3.8) is 0 Å². The normalized spacial score (nSPS) is 10.3. The molecule has 2 aromatic rings. The third-order valence-electron chi connectivity index (χ3n) is 2.53. The van der Waals surface area contributed by atoms with Gasteiger partial charge >= 0.3 is 0 Å². The first-order chi connectivity index (χ1) is 9.10. The first-order valence-electron chi connectivity index (χ1n) is 5.59. The van der Waals surface area contributed by atoms with E-state index in [1.807, 2.05) is 0 Å². The number of halogens is 1. The van der Waals surface area contributed by atoms with Gasteiger partial charge in [-0.3, -0.25) is 10.2 Å². The zero-order chi connectivity index (χ0) is 13.8. The number of ether oxygens (including phenoxy) is 1. The zero-order valence-corrected chi connectivity index (χ0v) is 11.1. The summed E-state index contributed by atoms with van der Waals surface area (Å²) in [6.45, 7) is 2.00. The molecule has 0 saturated heterocycles. The van der Waals surface area contributed by atoms with E-state index in [0.717, 1.165) is 4.88 Å². The molecule has 6 heteroatoms. The van der Waals surface area contributed by atoms with Crippen LogP contribution in [-0.4, -0.2) is 5.91 Å². The molecule has 0 atom stereocenters. The van der Waals surface area contributed by atoms with Gasteiger partial charge in [-0.05, 0) is 42.8 Å². The Labute approximate surface area is 114 Å². The SMILES string of the molecule is Cc1cc(OCc2ccc(C(=O)NN)s2)ccc1F. The Balaban J connectivity index is 2.00. The number of carbonyl (C=O) groups excluding carboxylic acids is 1. The highest BCUT2D eigenvalue weighted by Gasteiger charge is 2.08. The number of hydrogen-bond acceptors (Lipinski definition) is 4. The van der Waals surface area contributed by atoms with E-state index in [1.54, 1.807) is 31.2 Å². The zero-order valence-electron chi connectivity index (χ0n) is 10.3. The van der Waals surface area contributed by atoms with Gasteiger partial charge in [-0.15, -0.1) is 11.3 Å². The van der Waals surface area contributed by atoms with Gasteiger partial charge in [0.1, 0.15) is 18.2 Å². The molecule has 0 aliphatic carbocycles. The topological polar surface area (TPSA) is 64.3 Å². The van der Waals surface area contributed by atoms with E-state index in [2.05, 4.69) is 5.43 Å². The summed E-state index contributed by atoms with van der Waals surface area (Å²) in [6.07, 6.45) is 0. The maximum Gasteiger partial charge on any atom is 0.275 e. The van der Waals surface area contributed by atoms with Crippen LogP contribution in [0.25, 0.3) is 0 Å². The minimum Gasteiger partial charge on any atom is -0.488 e. The number of hydrazine groups is 1. The molecule has 0 unspecified atom stereocenters. The lowest BCUT2D eigenvalue weighted by atomic mass is 10.2. The fraction of sp³-hybridized carbons (Fsp3) is 0.154. The van der Waals surface area contributed by atoms with Crippen LogP contribution in [0.15, 0.2) is 30.3 Å². The van der Waals surface area contributed by atoms with Crippen LogP contribution < -0.4 is 16.0 Å². The predicted molar refractivity (Wildman–Crippen MR) is 71.4 cm³/mol. The molecule has 1 aromatic carbocycles. The number of nitrogens with two attached hydrogens (primary N) is 1. The van der Waals surface area contributed by atoms with Gasteiger partial charge in [0.15, 0.2) is 0 Å². The molecule has 3 N–H and O–H groups in total. The molecule has 0 saturated carbocycles. The third-order valence-corrected chi connectivity index (χ3v) is 3.58. The standard InChI is InChI=1S/C13H13FN2O2S/c1-8-6-9(2-4-11(8)14)18-7-10-3-5-12(19-10)13(17)16-15/h2-6H,7,15H2,1H3,(H,16,17). The number of amides is 1. The van der Waals surface area contributed by atoms with E-state index in [9.17, 15) is 9.18 Å². The Kier molecular flexibility index (Phi) is 4.13. The smallest absolute Gasteiger partial charge is 0.275 e. The number of benzene rings is 1. The van der Waals surface area contributed by atoms with Crippen LogP contribution in [-0.2, 0) is 6.61 Å². The number of carbonyl (C=O) groups is 1. The van der Waals surface area contributed by atoms with Crippen molar-refractivity contribution in [2.24, 2.45) is 5.84 Å². The molecule has 1 amide bonds. The Morgan fingerprint density at radius 1 is 1.42 bits per heavy atom. The molecule has 1 aromatic heterocycles. The summed E-state index contributed by atoms with van der Waals surface area (Å²) in [6, 6.07) is 8.05. The van der Waals surface area contributed by atoms with Crippen LogP contribution in [0.1, 0.15) is 20.1 Å². The third kappa shape index (κ3) is 3.30. The van der Waals surface area contributed by atoms with Crippen molar-refractivity contribution in [2.45, 2.75) is 13.5 Å². The minimum absolute atomic E-state index is 0.259. The van der Waals surface area contributed by atoms with Crippen LogP contribution in [0.2, 0.25) is 0 Å². The molecule has 0 aliphatic heterocycles. The molecule has 0 fully saturated rings. The van der Waals surface area contributed by atoms with Crippen molar-refractivity contribution in [2.75, 3.05) is 0 Å². The fourth-order valence-electron chi connectivity index (χ4n) is 1.51. The Bertz CT molecular complexity index is 598. The molecule has 19 heavy (non-hydrogen) atoms. The molecule has 0 bridgehead atoms. The molecular weight excluding hydrogens is 267 g/mol. The molecular formula is C13H13FN2O2S. The lowest BCUT2D eigenvalue weighted by molar-refractivity contribution is 0.0957. The van der Waals surface area contributed by atoms with Crippen LogP contribution in [0.3, 0.4) is 0 Å². The van der Waals surface area contributed by atoms with Crippen LogP contribution in [0.4, 0.5) is 4.39 Å². The number of thiophene rings is 1. The van der Waals surface area contributed by atoms with Crippen LogP contribution in [0, 0.1) is 12.7 Å². The fourth-order valence-corrected chi connectivity index (χ4v) is 2.33. The summed E-state index contributed by atoms with van der Waals surface area (Å²) in [4.78, 5) is 12.7. The van der Waals surface area contributed by atoms with Crippen LogP contribution in [0.5, 0.6) is 5.75 Å². The highest BCUT2D eigenvalue weighted by Crippen LogP contribution is 2.21. The Morgan fingerprint density at radius 2 is 2.21 bits per heavy atom. The van der Waals surface area contributed by atoms with Gasteiger partial charge in [-0.25, -0.2) is 10.2 Å². The van der Waals surface area contributed by atoms with E-state index in [4.69, 9.17) is 10.6 Å². The maximum atomic E-state index is 13.1. The maximum absolute atomic E-state index is 13.1. The van der Waals surface area contributed by atoms with Gasteiger partial charge in [0, 0.05) is 4.88 Å². The summed E-state index contributed by atoms with van der Waals surface area (Å²) in [7, 11) is 0. The largest absolute Gasteiger partial charge is 0.488 e. The van der Waals surface area contributed by atoms with Gasteiger partial charge in [-0.2, -0.15) is 0 Å². The predicted octanol–water partition coefficient (Wildman–Crippen LogP) is 2.38. The molecule has 0 radical (unpaired) electrons. The Morgan fingerprint density at radius 3 is 2.89 bits per heavy atom. The van der Waals surface area contributed by atoms with Crippen molar-refractivity contribution in [1.29, 1.82) is 0 Å². The summed E-state index contributed by atoms with van der Waals surface area (Å²) in [5.74, 6) is 5.06. The van der Waals surface area contributed by atoms with Gasteiger partial charge in [0.05, 0.1) is 4.88 Å². The van der Waals surface area contributed by atoms with Crippen molar-refractivity contribution in [3.05, 3.63) is 51.5 Å². The second-order valence-electron chi connectivity index (χ2n) is 3.94. The molecule has 4 nitrogen and oxygen atoms in total. The second kappa shape index (κ2) is 5.81. The van der Waals surface area contributed by atoms with E-state index in [0.29, 0.717) is 22.8 Å². The van der Waals surface area contributed by atoms with Gasteiger partial charge in [0.25, 0.3) is 5.91 Å². The van der Waals surface area contributed by atoms with E-state index in [1.165, 1.54) is 17.4 Å². The second-order valence-corrected chi connectivity index (χ2v) is 5.11. The molecule has 0 aliphatic rings. The molecule has 100 valence electrons. The van der Waals surface area contributed by atoms with E-state index >= 15 is 0 Å². The molecule has 0 spiro atoms. The summed E-state index contributed by atoms with van der Waals surface area (Å²) >= 11 is 1.30. The lowest BCUT2D eigenvalue weighted by Gasteiger charge is -2.05. The average molecular weight is 280 g/mol. The number of nitrogen functional groups attached to an aromatic ring is 1. The Hall–Kier alpha value is -1.92. The van der Waals surface area contributed by atoms with Gasteiger partial charge in [-0.1, -0.05) is 0 Å². The first kappa shape index (κ1) is 13.5. The lowest BCUT2D eigenvalue weighted by Crippen LogP contribution is -2.29. The van der Waals surface area contributed by atoms with Crippen LogP contribution >= 0.6 is 11.3 Å². The van der Waals surface area contributed by atoms with Gasteiger partial charge in [0.2, 0.25) is 0 Å². The monoisotopic (exact) mass is 280 g/mol. The van der Waals surface area contributed by atoms with E-state index in [-0.39, 0.29) is 11.7 Å². The number of rotatable bonds is 4.